The standard InChI is InChI=1S/C13H11N3O2S2/c1-16(13(17)10-5-3-7-20-10)8-11-14-12(15-18-11)9-4-2-6-19-9/h2-7H,8H2,1H3. The van der Waals surface area contributed by atoms with Gasteiger partial charge in [0, 0.05) is 7.05 Å². The maximum absolute atomic E-state index is 12.1. The monoisotopic (exact) mass is 305 g/mol. The van der Waals surface area contributed by atoms with Gasteiger partial charge in [-0.25, -0.2) is 0 Å². The van der Waals surface area contributed by atoms with E-state index in [0.717, 1.165) is 4.88 Å². The maximum atomic E-state index is 12.1. The summed E-state index contributed by atoms with van der Waals surface area (Å²) in [5.74, 6) is 0.948. The molecule has 0 unspecified atom stereocenters. The third-order valence-corrected chi connectivity index (χ3v) is 4.38. The number of carbonyl (C=O) groups excluding carboxylic acids is 1. The van der Waals surface area contributed by atoms with E-state index < -0.39 is 0 Å². The molecule has 0 spiro atoms. The summed E-state index contributed by atoms with van der Waals surface area (Å²) < 4.78 is 5.18. The second kappa shape index (κ2) is 5.56. The topological polar surface area (TPSA) is 59.2 Å². The highest BCUT2D eigenvalue weighted by Crippen LogP contribution is 2.21. The van der Waals surface area contributed by atoms with Crippen molar-refractivity contribution in [3.05, 3.63) is 45.8 Å². The van der Waals surface area contributed by atoms with E-state index in [1.54, 1.807) is 29.4 Å². The fraction of sp³-hybridized carbons (Fsp3) is 0.154. The molecule has 20 heavy (non-hydrogen) atoms. The lowest BCUT2D eigenvalue weighted by molar-refractivity contribution is 0.0774. The molecule has 3 aromatic heterocycles. The van der Waals surface area contributed by atoms with Gasteiger partial charge in [-0.05, 0) is 22.9 Å². The van der Waals surface area contributed by atoms with E-state index in [1.807, 2.05) is 29.0 Å². The van der Waals surface area contributed by atoms with Gasteiger partial charge in [0.25, 0.3) is 5.91 Å². The summed E-state index contributed by atoms with van der Waals surface area (Å²) in [7, 11) is 1.72. The Balaban J connectivity index is 1.70. The summed E-state index contributed by atoms with van der Waals surface area (Å²) in [5, 5.41) is 7.76. The van der Waals surface area contributed by atoms with E-state index in [9.17, 15) is 4.79 Å². The zero-order valence-electron chi connectivity index (χ0n) is 10.6. The molecule has 0 fully saturated rings. The van der Waals surface area contributed by atoms with E-state index >= 15 is 0 Å². The summed E-state index contributed by atoms with van der Waals surface area (Å²) in [6, 6.07) is 7.52. The molecule has 3 rings (SSSR count). The van der Waals surface area contributed by atoms with Crippen molar-refractivity contribution in [2.75, 3.05) is 7.05 Å². The predicted molar refractivity (Wildman–Crippen MR) is 77.7 cm³/mol. The molecule has 3 heterocycles. The Bertz CT molecular complexity index is 689. The van der Waals surface area contributed by atoms with E-state index in [0.29, 0.717) is 23.1 Å². The maximum Gasteiger partial charge on any atom is 0.264 e. The van der Waals surface area contributed by atoms with Crippen LogP contribution >= 0.6 is 22.7 Å². The number of carbonyl (C=O) groups is 1. The Morgan fingerprint density at radius 2 is 2.10 bits per heavy atom. The van der Waals surface area contributed by atoms with Gasteiger partial charge in [-0.3, -0.25) is 4.79 Å². The van der Waals surface area contributed by atoms with Crippen LogP contribution < -0.4 is 0 Å². The second-order valence-corrected chi connectivity index (χ2v) is 6.02. The van der Waals surface area contributed by atoms with Gasteiger partial charge in [0.15, 0.2) is 0 Å². The minimum Gasteiger partial charge on any atom is -0.337 e. The Hall–Kier alpha value is -1.99. The third kappa shape index (κ3) is 2.63. The average molecular weight is 305 g/mol. The van der Waals surface area contributed by atoms with Gasteiger partial charge in [-0.1, -0.05) is 17.3 Å². The van der Waals surface area contributed by atoms with Gasteiger partial charge < -0.3 is 9.42 Å². The van der Waals surface area contributed by atoms with Gasteiger partial charge in [0.2, 0.25) is 11.7 Å². The summed E-state index contributed by atoms with van der Waals surface area (Å²) in [5.41, 5.74) is 0. The Morgan fingerprint density at radius 3 is 2.80 bits per heavy atom. The van der Waals surface area contributed by atoms with E-state index in [-0.39, 0.29) is 5.91 Å². The Labute approximate surface area is 123 Å². The highest BCUT2D eigenvalue weighted by atomic mass is 32.1. The molecule has 1 amide bonds. The third-order valence-electron chi connectivity index (χ3n) is 2.66. The molecule has 0 saturated carbocycles. The van der Waals surface area contributed by atoms with Gasteiger partial charge >= 0.3 is 0 Å². The molecule has 5 nitrogen and oxygen atoms in total. The lowest BCUT2D eigenvalue weighted by Crippen LogP contribution is -2.25. The first kappa shape index (κ1) is 13.0. The molecule has 0 bridgehead atoms. The first-order chi connectivity index (χ1) is 9.74. The SMILES string of the molecule is CN(Cc1nc(-c2cccs2)no1)C(=O)c1cccs1. The molecule has 7 heteroatoms. The predicted octanol–water partition coefficient (Wildman–Crippen LogP) is 3.13. The number of rotatable bonds is 4. The van der Waals surface area contributed by atoms with Crippen LogP contribution in [0.2, 0.25) is 0 Å². The molecule has 0 saturated heterocycles. The van der Waals surface area contributed by atoms with Crippen LogP contribution in [0.15, 0.2) is 39.5 Å². The molecule has 0 N–H and O–H groups in total. The first-order valence-corrected chi connectivity index (χ1v) is 7.65. The van der Waals surface area contributed by atoms with Crippen molar-refractivity contribution in [1.29, 1.82) is 0 Å². The smallest absolute Gasteiger partial charge is 0.264 e. The van der Waals surface area contributed by atoms with Crippen molar-refractivity contribution in [2.24, 2.45) is 0 Å². The van der Waals surface area contributed by atoms with Crippen molar-refractivity contribution in [1.82, 2.24) is 15.0 Å². The van der Waals surface area contributed by atoms with Crippen molar-refractivity contribution in [3.63, 3.8) is 0 Å². The average Bonchev–Trinajstić information content (AvgIpc) is 3.19. The van der Waals surface area contributed by atoms with Crippen molar-refractivity contribution in [2.45, 2.75) is 6.54 Å². The molecule has 0 aliphatic carbocycles. The normalized spacial score (nSPS) is 10.7. The van der Waals surface area contributed by atoms with Crippen molar-refractivity contribution >= 4 is 28.6 Å². The summed E-state index contributed by atoms with van der Waals surface area (Å²) in [6.07, 6.45) is 0. The molecule has 3 aromatic rings. The van der Waals surface area contributed by atoms with Crippen molar-refractivity contribution in [3.8, 4) is 10.7 Å². The number of nitrogens with zero attached hydrogens (tertiary/aromatic N) is 3. The molecule has 0 aliphatic rings. The van der Waals surface area contributed by atoms with Crippen LogP contribution in [0, 0.1) is 0 Å². The zero-order valence-corrected chi connectivity index (χ0v) is 12.3. The second-order valence-electron chi connectivity index (χ2n) is 4.13. The summed E-state index contributed by atoms with van der Waals surface area (Å²) in [6.45, 7) is 0.301. The fourth-order valence-electron chi connectivity index (χ4n) is 1.69. The molecular formula is C13H11N3O2S2. The highest BCUT2D eigenvalue weighted by molar-refractivity contribution is 7.13. The van der Waals surface area contributed by atoms with Crippen LogP contribution in [0.25, 0.3) is 10.7 Å². The van der Waals surface area contributed by atoms with Crippen LogP contribution in [-0.2, 0) is 6.54 Å². The van der Waals surface area contributed by atoms with Gasteiger partial charge in [-0.15, -0.1) is 22.7 Å². The zero-order chi connectivity index (χ0) is 13.9. The molecule has 0 radical (unpaired) electrons. The van der Waals surface area contributed by atoms with Crippen LogP contribution in [-0.4, -0.2) is 28.0 Å². The van der Waals surface area contributed by atoms with Crippen LogP contribution in [0.1, 0.15) is 15.6 Å². The lowest BCUT2D eigenvalue weighted by Gasteiger charge is -2.12. The van der Waals surface area contributed by atoms with Gasteiger partial charge in [0.1, 0.15) is 6.54 Å². The lowest BCUT2D eigenvalue weighted by atomic mass is 10.4. The van der Waals surface area contributed by atoms with E-state index in [2.05, 4.69) is 10.1 Å². The van der Waals surface area contributed by atoms with Crippen molar-refractivity contribution < 1.29 is 9.32 Å². The molecular weight excluding hydrogens is 294 g/mol. The fourth-order valence-corrected chi connectivity index (χ4v) is 3.05. The summed E-state index contributed by atoms with van der Waals surface area (Å²) >= 11 is 2.97. The minimum atomic E-state index is -0.0455. The number of thiophene rings is 2. The molecule has 0 aromatic carbocycles. The highest BCUT2D eigenvalue weighted by Gasteiger charge is 2.16. The van der Waals surface area contributed by atoms with Crippen LogP contribution in [0.5, 0.6) is 0 Å². The first-order valence-electron chi connectivity index (χ1n) is 5.89. The summed E-state index contributed by atoms with van der Waals surface area (Å²) in [4.78, 5) is 19.6. The number of aromatic nitrogens is 2. The van der Waals surface area contributed by atoms with Gasteiger partial charge in [0.05, 0.1) is 9.75 Å². The van der Waals surface area contributed by atoms with Crippen LogP contribution in [0.4, 0.5) is 0 Å². The Kier molecular flexibility index (Phi) is 3.62. The number of hydrogen-bond acceptors (Lipinski definition) is 6. The quantitative estimate of drug-likeness (QED) is 0.743. The van der Waals surface area contributed by atoms with Crippen LogP contribution in [0.3, 0.4) is 0 Å². The van der Waals surface area contributed by atoms with E-state index in [1.165, 1.54) is 11.3 Å². The number of hydrogen-bond donors (Lipinski definition) is 0. The number of amides is 1. The van der Waals surface area contributed by atoms with Gasteiger partial charge in [-0.2, -0.15) is 4.98 Å². The molecule has 0 aliphatic heterocycles. The molecule has 102 valence electrons. The minimum absolute atomic E-state index is 0.0455. The Morgan fingerprint density at radius 1 is 1.30 bits per heavy atom. The largest absolute Gasteiger partial charge is 0.337 e. The molecule has 0 atom stereocenters. The van der Waals surface area contributed by atoms with E-state index in [4.69, 9.17) is 4.52 Å².